The van der Waals surface area contributed by atoms with Crippen molar-refractivity contribution in [2.75, 3.05) is 26.9 Å². The van der Waals surface area contributed by atoms with E-state index in [2.05, 4.69) is 44.3 Å². The molecule has 0 aromatic heterocycles. The van der Waals surface area contributed by atoms with E-state index in [4.69, 9.17) is 9.47 Å². The molecule has 2 unspecified atom stereocenters. The summed E-state index contributed by atoms with van der Waals surface area (Å²) in [4.78, 5) is 0. The van der Waals surface area contributed by atoms with Gasteiger partial charge in [-0.2, -0.15) is 0 Å². The van der Waals surface area contributed by atoms with Crippen LogP contribution in [0.25, 0.3) is 0 Å². The first-order valence-corrected chi connectivity index (χ1v) is 6.99. The lowest BCUT2D eigenvalue weighted by Gasteiger charge is -2.21. The van der Waals surface area contributed by atoms with Crippen LogP contribution in [0.2, 0.25) is 0 Å². The fourth-order valence-electron chi connectivity index (χ4n) is 2.04. The molecule has 2 atom stereocenters. The highest BCUT2D eigenvalue weighted by Crippen LogP contribution is 2.18. The van der Waals surface area contributed by atoms with Gasteiger partial charge in [0.05, 0.1) is 25.4 Å². The summed E-state index contributed by atoms with van der Waals surface area (Å²) in [5.41, 5.74) is 3.94. The molecule has 0 saturated carbocycles. The molecule has 108 valence electrons. The van der Waals surface area contributed by atoms with E-state index in [1.165, 1.54) is 16.7 Å². The van der Waals surface area contributed by atoms with Gasteiger partial charge in [-0.25, -0.2) is 0 Å². The maximum Gasteiger partial charge on any atom is 0.0781 e. The minimum absolute atomic E-state index is 0.123. The molecule has 1 aromatic carbocycles. The predicted molar refractivity (Wildman–Crippen MR) is 79.6 cm³/mol. The van der Waals surface area contributed by atoms with Crippen molar-refractivity contribution in [2.45, 2.75) is 39.8 Å². The maximum absolute atomic E-state index is 5.83. The second-order valence-corrected chi connectivity index (χ2v) is 5.05. The van der Waals surface area contributed by atoms with E-state index in [9.17, 15) is 0 Å². The van der Waals surface area contributed by atoms with Crippen molar-refractivity contribution in [1.82, 2.24) is 5.32 Å². The summed E-state index contributed by atoms with van der Waals surface area (Å²) in [6.07, 6.45) is 0.123. The molecule has 0 aliphatic heterocycles. The molecule has 1 N–H and O–H groups in total. The summed E-state index contributed by atoms with van der Waals surface area (Å²) in [6.45, 7) is 10.7. The number of likely N-dealkylation sites (N-methyl/N-ethyl adjacent to an activating group) is 1. The minimum atomic E-state index is 0.123. The third kappa shape index (κ3) is 5.31. The van der Waals surface area contributed by atoms with Crippen LogP contribution in [0.3, 0.4) is 0 Å². The smallest absolute Gasteiger partial charge is 0.0781 e. The number of rotatable bonds is 8. The first-order valence-electron chi connectivity index (χ1n) is 6.99. The number of nitrogens with one attached hydrogen (secondary N) is 1. The highest BCUT2D eigenvalue weighted by atomic mass is 16.5. The molecule has 0 radical (unpaired) electrons. The second kappa shape index (κ2) is 8.31. The molecule has 0 aliphatic carbocycles. The lowest BCUT2D eigenvalue weighted by molar-refractivity contribution is -0.000389. The lowest BCUT2D eigenvalue weighted by atomic mass is 10.0. The lowest BCUT2D eigenvalue weighted by Crippen LogP contribution is -2.28. The van der Waals surface area contributed by atoms with Gasteiger partial charge in [0.2, 0.25) is 0 Å². The maximum atomic E-state index is 5.83. The van der Waals surface area contributed by atoms with E-state index < -0.39 is 0 Å². The van der Waals surface area contributed by atoms with Gasteiger partial charge in [-0.15, -0.1) is 0 Å². The summed E-state index contributed by atoms with van der Waals surface area (Å²) < 4.78 is 10.9. The molecular formula is C16H27NO2. The molecule has 19 heavy (non-hydrogen) atoms. The molecule has 0 aliphatic rings. The summed E-state index contributed by atoms with van der Waals surface area (Å²) in [7, 11) is 1.70. The van der Waals surface area contributed by atoms with Gasteiger partial charge < -0.3 is 14.8 Å². The van der Waals surface area contributed by atoms with Gasteiger partial charge in [-0.05, 0) is 44.0 Å². The summed E-state index contributed by atoms with van der Waals surface area (Å²) in [5.74, 6) is 0. The summed E-state index contributed by atoms with van der Waals surface area (Å²) >= 11 is 0. The highest BCUT2D eigenvalue weighted by molar-refractivity contribution is 5.31. The molecule has 3 nitrogen and oxygen atoms in total. The van der Waals surface area contributed by atoms with Crippen LogP contribution in [0.4, 0.5) is 0 Å². The van der Waals surface area contributed by atoms with E-state index in [0.29, 0.717) is 13.2 Å². The monoisotopic (exact) mass is 265 g/mol. The zero-order valence-electron chi connectivity index (χ0n) is 12.8. The van der Waals surface area contributed by atoms with Crippen LogP contribution in [0.1, 0.15) is 36.6 Å². The third-order valence-electron chi connectivity index (χ3n) is 3.33. The van der Waals surface area contributed by atoms with Crippen molar-refractivity contribution in [3.63, 3.8) is 0 Å². The number of methoxy groups -OCH3 is 1. The van der Waals surface area contributed by atoms with Gasteiger partial charge in [-0.1, -0.05) is 25.1 Å². The van der Waals surface area contributed by atoms with E-state index in [0.717, 1.165) is 6.54 Å². The number of hydrogen-bond acceptors (Lipinski definition) is 3. The average molecular weight is 265 g/mol. The van der Waals surface area contributed by atoms with Gasteiger partial charge >= 0.3 is 0 Å². The van der Waals surface area contributed by atoms with Crippen molar-refractivity contribution >= 4 is 0 Å². The molecule has 0 bridgehead atoms. The predicted octanol–water partition coefficient (Wildman–Crippen LogP) is 3.01. The zero-order chi connectivity index (χ0) is 14.3. The largest absolute Gasteiger partial charge is 0.382 e. The normalized spacial score (nSPS) is 14.4. The SMILES string of the molecule is CCNC(COC(C)COC)c1ccc(C)c(C)c1. The zero-order valence-corrected chi connectivity index (χ0v) is 12.8. The van der Waals surface area contributed by atoms with Gasteiger partial charge in [0.25, 0.3) is 0 Å². The summed E-state index contributed by atoms with van der Waals surface area (Å²) in [5, 5.41) is 3.48. The topological polar surface area (TPSA) is 30.5 Å². The number of hydrogen-bond donors (Lipinski definition) is 1. The Labute approximate surface area is 117 Å². The molecule has 1 rings (SSSR count). The van der Waals surface area contributed by atoms with Gasteiger partial charge in [0, 0.05) is 7.11 Å². The van der Waals surface area contributed by atoms with Gasteiger partial charge in [0.15, 0.2) is 0 Å². The molecule has 0 heterocycles. The van der Waals surface area contributed by atoms with E-state index in [-0.39, 0.29) is 12.1 Å². The molecular weight excluding hydrogens is 238 g/mol. The van der Waals surface area contributed by atoms with Crippen LogP contribution in [0.15, 0.2) is 18.2 Å². The van der Waals surface area contributed by atoms with Gasteiger partial charge in [0.1, 0.15) is 0 Å². The molecule has 0 fully saturated rings. The number of ether oxygens (including phenoxy) is 2. The molecule has 0 saturated heterocycles. The van der Waals surface area contributed by atoms with Crippen molar-refractivity contribution in [2.24, 2.45) is 0 Å². The summed E-state index contributed by atoms with van der Waals surface area (Å²) in [6, 6.07) is 6.84. The first kappa shape index (κ1) is 16.2. The van der Waals surface area contributed by atoms with Crippen molar-refractivity contribution in [1.29, 1.82) is 0 Å². The first-order chi connectivity index (χ1) is 9.08. The molecule has 0 amide bonds. The fourth-order valence-corrected chi connectivity index (χ4v) is 2.04. The standard InChI is InChI=1S/C16H27NO2/c1-6-17-16(11-19-14(4)10-18-5)15-8-7-12(2)13(3)9-15/h7-9,14,16-17H,6,10-11H2,1-5H3. The average Bonchev–Trinajstić information content (AvgIpc) is 2.38. The van der Waals surface area contributed by atoms with Crippen LogP contribution in [0, 0.1) is 13.8 Å². The Balaban J connectivity index is 2.67. The van der Waals surface area contributed by atoms with Crippen molar-refractivity contribution in [3.8, 4) is 0 Å². The van der Waals surface area contributed by atoms with E-state index in [1.54, 1.807) is 7.11 Å². The Morgan fingerprint density at radius 3 is 2.47 bits per heavy atom. The molecule has 3 heteroatoms. The van der Waals surface area contributed by atoms with Crippen LogP contribution >= 0.6 is 0 Å². The molecule has 1 aromatic rings. The van der Waals surface area contributed by atoms with Crippen LogP contribution in [-0.2, 0) is 9.47 Å². The fraction of sp³-hybridized carbons (Fsp3) is 0.625. The Morgan fingerprint density at radius 2 is 1.89 bits per heavy atom. The minimum Gasteiger partial charge on any atom is -0.382 e. The Bertz CT molecular complexity index is 379. The highest BCUT2D eigenvalue weighted by Gasteiger charge is 2.13. The second-order valence-electron chi connectivity index (χ2n) is 5.05. The van der Waals surface area contributed by atoms with Crippen molar-refractivity contribution < 1.29 is 9.47 Å². The third-order valence-corrected chi connectivity index (χ3v) is 3.33. The van der Waals surface area contributed by atoms with E-state index >= 15 is 0 Å². The van der Waals surface area contributed by atoms with Gasteiger partial charge in [-0.3, -0.25) is 0 Å². The Morgan fingerprint density at radius 1 is 1.16 bits per heavy atom. The number of aryl methyl sites for hydroxylation is 2. The van der Waals surface area contributed by atoms with Crippen LogP contribution in [0.5, 0.6) is 0 Å². The quantitative estimate of drug-likeness (QED) is 0.784. The van der Waals surface area contributed by atoms with E-state index in [1.807, 2.05) is 6.92 Å². The van der Waals surface area contributed by atoms with Crippen LogP contribution in [-0.4, -0.2) is 33.0 Å². The van der Waals surface area contributed by atoms with Crippen LogP contribution < -0.4 is 5.32 Å². The molecule has 0 spiro atoms. The Kier molecular flexibility index (Phi) is 7.06. The Hall–Kier alpha value is -0.900. The van der Waals surface area contributed by atoms with Crippen molar-refractivity contribution in [3.05, 3.63) is 34.9 Å². The number of benzene rings is 1.